The maximum Gasteiger partial charge on any atom is 0.310 e. The van der Waals surface area contributed by atoms with E-state index in [0.29, 0.717) is 5.92 Å². The molecule has 110 valence electrons. The number of hydrogen-bond acceptors (Lipinski definition) is 2. The van der Waals surface area contributed by atoms with Crippen LogP contribution in [0, 0.1) is 17.3 Å². The second-order valence-corrected chi connectivity index (χ2v) is 8.47. The minimum absolute atomic E-state index is 0.0145. The van der Waals surface area contributed by atoms with E-state index in [1.165, 1.54) is 5.57 Å². The molecule has 19 heavy (non-hydrogen) atoms. The van der Waals surface area contributed by atoms with Crippen molar-refractivity contribution in [2.45, 2.75) is 52.0 Å². The molecule has 1 rings (SSSR count). The monoisotopic (exact) mass is 394 g/mol. The molecule has 0 amide bonds. The molecule has 0 aliphatic heterocycles. The second kappa shape index (κ2) is 5.88. The molecule has 1 aliphatic carbocycles. The van der Waals surface area contributed by atoms with Crippen molar-refractivity contribution in [1.82, 2.24) is 0 Å². The lowest BCUT2D eigenvalue weighted by molar-refractivity contribution is -0.158. The van der Waals surface area contributed by atoms with E-state index >= 15 is 0 Å². The van der Waals surface area contributed by atoms with Crippen molar-refractivity contribution in [3.8, 4) is 0 Å². The number of alkyl halides is 2. The molecule has 1 saturated carbocycles. The van der Waals surface area contributed by atoms with Gasteiger partial charge in [0, 0.05) is 5.33 Å². The summed E-state index contributed by atoms with van der Waals surface area (Å²) in [4.78, 5) is 12.5. The molecule has 4 heteroatoms. The van der Waals surface area contributed by atoms with Gasteiger partial charge in [0.1, 0.15) is 5.60 Å². The van der Waals surface area contributed by atoms with Gasteiger partial charge in [-0.2, -0.15) is 0 Å². The third-order valence-electron chi connectivity index (χ3n) is 3.93. The first kappa shape index (κ1) is 17.2. The Hall–Kier alpha value is 0.170. The van der Waals surface area contributed by atoms with Crippen molar-refractivity contribution in [2.24, 2.45) is 17.3 Å². The third kappa shape index (κ3) is 3.84. The molecule has 2 nitrogen and oxygen atoms in total. The van der Waals surface area contributed by atoms with Crippen LogP contribution in [0.4, 0.5) is 0 Å². The summed E-state index contributed by atoms with van der Waals surface area (Å²) in [6.07, 6.45) is 2.19. The highest BCUT2D eigenvalue weighted by molar-refractivity contribution is 9.12. The summed E-state index contributed by atoms with van der Waals surface area (Å²) in [6, 6.07) is 0. The quantitative estimate of drug-likeness (QED) is 0.383. The molecule has 0 heterocycles. The lowest BCUT2D eigenvalue weighted by Crippen LogP contribution is -2.39. The molecule has 1 fully saturated rings. The fourth-order valence-corrected chi connectivity index (χ4v) is 3.24. The van der Waals surface area contributed by atoms with E-state index in [1.807, 2.05) is 13.8 Å². The minimum atomic E-state index is -0.505. The molecule has 0 aromatic carbocycles. The van der Waals surface area contributed by atoms with E-state index in [1.54, 1.807) is 0 Å². The molecule has 0 bridgehead atoms. The van der Waals surface area contributed by atoms with Crippen molar-refractivity contribution < 1.29 is 9.53 Å². The summed E-state index contributed by atoms with van der Waals surface area (Å²) < 4.78 is 5.72. The predicted molar refractivity (Wildman–Crippen MR) is 86.9 cm³/mol. The number of ether oxygens (including phenoxy) is 1. The maximum atomic E-state index is 12.4. The highest BCUT2D eigenvalue weighted by atomic mass is 79.9. The largest absolute Gasteiger partial charge is 0.458 e. The molecular weight excluding hydrogens is 372 g/mol. The molecular formula is C15H24Br2O2. The standard InChI is InChI=1S/C15H24Br2O2/c1-9(2)7-10-12(14(10,3)4)13(18)19-15(5,6)11(17)8-16/h7,10-12H,8H2,1-6H3. The number of allylic oxidation sites excluding steroid dienone is 2. The number of carbonyl (C=O) groups is 1. The Bertz CT molecular complexity index is 382. The van der Waals surface area contributed by atoms with Gasteiger partial charge >= 0.3 is 5.97 Å². The molecule has 0 N–H and O–H groups in total. The first-order chi connectivity index (χ1) is 8.54. The highest BCUT2D eigenvalue weighted by Gasteiger charge is 2.62. The maximum absolute atomic E-state index is 12.4. The molecule has 1 aliphatic rings. The second-order valence-electron chi connectivity index (χ2n) is 6.72. The number of esters is 1. The van der Waals surface area contributed by atoms with E-state index in [4.69, 9.17) is 4.74 Å². The summed E-state index contributed by atoms with van der Waals surface area (Å²) in [5, 5.41) is 0.749. The van der Waals surface area contributed by atoms with Crippen LogP contribution in [-0.2, 0) is 9.53 Å². The Balaban J connectivity index is 2.73. The fourth-order valence-electron chi connectivity index (χ4n) is 2.37. The van der Waals surface area contributed by atoms with Gasteiger partial charge in [-0.05, 0) is 39.0 Å². The van der Waals surface area contributed by atoms with E-state index < -0.39 is 5.60 Å². The Morgan fingerprint density at radius 3 is 2.37 bits per heavy atom. The van der Waals surface area contributed by atoms with Gasteiger partial charge in [0.05, 0.1) is 10.7 Å². The van der Waals surface area contributed by atoms with Crippen LogP contribution in [0.5, 0.6) is 0 Å². The summed E-state index contributed by atoms with van der Waals surface area (Å²) in [5.41, 5.74) is 0.765. The van der Waals surface area contributed by atoms with Crippen LogP contribution >= 0.6 is 31.9 Å². The van der Waals surface area contributed by atoms with Gasteiger partial charge < -0.3 is 4.74 Å². The van der Waals surface area contributed by atoms with Gasteiger partial charge in [0.2, 0.25) is 0 Å². The molecule has 3 unspecified atom stereocenters. The molecule has 0 saturated heterocycles. The summed E-state index contributed by atoms with van der Waals surface area (Å²) in [6.45, 7) is 12.3. The molecule has 0 aromatic heterocycles. The molecule has 0 aromatic rings. The lowest BCUT2D eigenvalue weighted by Gasteiger charge is -2.29. The van der Waals surface area contributed by atoms with Crippen molar-refractivity contribution in [3.05, 3.63) is 11.6 Å². The zero-order valence-corrected chi connectivity index (χ0v) is 15.8. The number of carbonyl (C=O) groups excluding carboxylic acids is 1. The van der Waals surface area contributed by atoms with Gasteiger partial charge in [0.25, 0.3) is 0 Å². The number of halogens is 2. The van der Waals surface area contributed by atoms with Crippen LogP contribution in [0.1, 0.15) is 41.5 Å². The van der Waals surface area contributed by atoms with Crippen LogP contribution in [-0.4, -0.2) is 21.7 Å². The number of rotatable bonds is 5. The van der Waals surface area contributed by atoms with E-state index in [-0.39, 0.29) is 22.1 Å². The summed E-state index contributed by atoms with van der Waals surface area (Å²) >= 11 is 6.96. The van der Waals surface area contributed by atoms with Crippen LogP contribution < -0.4 is 0 Å². The van der Waals surface area contributed by atoms with Crippen molar-refractivity contribution in [2.75, 3.05) is 5.33 Å². The van der Waals surface area contributed by atoms with Gasteiger partial charge in [-0.15, -0.1) is 0 Å². The summed E-state index contributed by atoms with van der Waals surface area (Å²) in [5.74, 6) is 0.207. The van der Waals surface area contributed by atoms with E-state index in [2.05, 4.69) is 65.6 Å². The zero-order chi connectivity index (χ0) is 15.0. The first-order valence-electron chi connectivity index (χ1n) is 6.62. The topological polar surface area (TPSA) is 26.3 Å². The van der Waals surface area contributed by atoms with Crippen molar-refractivity contribution >= 4 is 37.8 Å². The molecule has 3 atom stereocenters. The Morgan fingerprint density at radius 2 is 1.95 bits per heavy atom. The van der Waals surface area contributed by atoms with Crippen molar-refractivity contribution in [3.63, 3.8) is 0 Å². The third-order valence-corrected chi connectivity index (χ3v) is 6.87. The Morgan fingerprint density at radius 1 is 1.42 bits per heavy atom. The van der Waals surface area contributed by atoms with Gasteiger partial charge in [0.15, 0.2) is 0 Å². The zero-order valence-electron chi connectivity index (χ0n) is 12.6. The summed E-state index contributed by atoms with van der Waals surface area (Å²) in [7, 11) is 0. The van der Waals surface area contributed by atoms with E-state index in [0.717, 1.165) is 5.33 Å². The lowest BCUT2D eigenvalue weighted by atomic mass is 10.1. The van der Waals surface area contributed by atoms with Crippen LogP contribution in [0.2, 0.25) is 0 Å². The smallest absolute Gasteiger partial charge is 0.310 e. The van der Waals surface area contributed by atoms with Crippen LogP contribution in [0.3, 0.4) is 0 Å². The minimum Gasteiger partial charge on any atom is -0.458 e. The normalized spacial score (nSPS) is 26.5. The Labute approximate surface area is 133 Å². The Kier molecular flexibility index (Phi) is 5.33. The van der Waals surface area contributed by atoms with E-state index in [9.17, 15) is 4.79 Å². The SMILES string of the molecule is CC(C)=CC1C(C(=O)OC(C)(C)C(Br)CBr)C1(C)C. The van der Waals surface area contributed by atoms with Gasteiger partial charge in [-0.1, -0.05) is 57.4 Å². The fraction of sp³-hybridized carbons (Fsp3) is 0.800. The van der Waals surface area contributed by atoms with Crippen LogP contribution in [0.25, 0.3) is 0 Å². The van der Waals surface area contributed by atoms with Crippen LogP contribution in [0.15, 0.2) is 11.6 Å². The average Bonchev–Trinajstić information content (AvgIpc) is 2.77. The number of hydrogen-bond donors (Lipinski definition) is 0. The van der Waals surface area contributed by atoms with Gasteiger partial charge in [-0.3, -0.25) is 4.79 Å². The first-order valence-corrected chi connectivity index (χ1v) is 8.65. The molecule has 0 radical (unpaired) electrons. The highest BCUT2D eigenvalue weighted by Crippen LogP contribution is 2.60. The average molecular weight is 396 g/mol. The molecule has 0 spiro atoms. The van der Waals surface area contributed by atoms with Crippen molar-refractivity contribution in [1.29, 1.82) is 0 Å². The predicted octanol–water partition coefficient (Wildman–Crippen LogP) is 4.71. The van der Waals surface area contributed by atoms with Gasteiger partial charge in [-0.25, -0.2) is 0 Å².